The summed E-state index contributed by atoms with van der Waals surface area (Å²) in [5, 5.41) is 7.90. The molecule has 136 valence electrons. The van der Waals surface area contributed by atoms with Crippen molar-refractivity contribution in [2.24, 2.45) is 0 Å². The zero-order chi connectivity index (χ0) is 18.8. The second-order valence-electron chi connectivity index (χ2n) is 6.48. The number of anilines is 1. The van der Waals surface area contributed by atoms with E-state index in [-0.39, 0.29) is 12.3 Å². The Bertz CT molecular complexity index is 1040. The number of carbonyl (C=O) groups excluding carboxylic acids is 1. The maximum atomic E-state index is 12.3. The van der Waals surface area contributed by atoms with Crippen LogP contribution >= 0.6 is 11.3 Å². The van der Waals surface area contributed by atoms with Gasteiger partial charge < -0.3 is 9.84 Å². The van der Waals surface area contributed by atoms with Gasteiger partial charge in [0.1, 0.15) is 5.76 Å². The molecule has 0 aliphatic heterocycles. The lowest BCUT2D eigenvalue weighted by Crippen LogP contribution is -2.15. The first-order chi connectivity index (χ1) is 13.1. The van der Waals surface area contributed by atoms with Crippen LogP contribution in [0, 0.1) is 13.8 Å². The summed E-state index contributed by atoms with van der Waals surface area (Å²) in [4.78, 5) is 16.9. The third kappa shape index (κ3) is 3.90. The molecule has 0 unspecified atom stereocenters. The molecule has 0 bridgehead atoms. The number of aromatic nitrogens is 2. The third-order valence-electron chi connectivity index (χ3n) is 4.45. The Kier molecular flexibility index (Phi) is 4.73. The van der Waals surface area contributed by atoms with Crippen molar-refractivity contribution in [1.29, 1.82) is 0 Å². The van der Waals surface area contributed by atoms with Crippen molar-refractivity contribution < 1.29 is 9.32 Å². The summed E-state index contributed by atoms with van der Waals surface area (Å²) >= 11 is 1.72. The molecular formula is C21H19N3O2S. The third-order valence-corrected chi connectivity index (χ3v) is 5.49. The number of hydrogen-bond donors (Lipinski definition) is 1. The maximum Gasteiger partial charge on any atom is 0.228 e. The summed E-state index contributed by atoms with van der Waals surface area (Å²) in [7, 11) is 0. The highest BCUT2D eigenvalue weighted by Crippen LogP contribution is 2.24. The lowest BCUT2D eigenvalue weighted by atomic mass is 10.1. The number of nitrogens with zero attached hydrogens (tertiary/aromatic N) is 2. The van der Waals surface area contributed by atoms with Crippen LogP contribution in [0.1, 0.15) is 27.6 Å². The molecule has 2 aromatic heterocycles. The van der Waals surface area contributed by atoms with Crippen molar-refractivity contribution in [3.63, 3.8) is 0 Å². The van der Waals surface area contributed by atoms with E-state index in [9.17, 15) is 4.79 Å². The monoisotopic (exact) mass is 377 g/mol. The SMILES string of the molecule is Cc1noc(C)c1CC(=O)Nc1ccc(Cc2nc3ccccc3s2)cc1. The highest BCUT2D eigenvalue weighted by molar-refractivity contribution is 7.18. The molecule has 2 heterocycles. The first kappa shape index (κ1) is 17.4. The van der Waals surface area contributed by atoms with E-state index in [4.69, 9.17) is 4.52 Å². The second kappa shape index (κ2) is 7.32. The minimum absolute atomic E-state index is 0.0803. The zero-order valence-corrected chi connectivity index (χ0v) is 16.0. The fourth-order valence-corrected chi connectivity index (χ4v) is 4.00. The fourth-order valence-electron chi connectivity index (χ4n) is 3.00. The van der Waals surface area contributed by atoms with E-state index in [0.717, 1.165) is 39.5 Å². The molecule has 0 fully saturated rings. The number of aryl methyl sites for hydroxylation is 2. The maximum absolute atomic E-state index is 12.3. The minimum Gasteiger partial charge on any atom is -0.361 e. The molecule has 1 amide bonds. The van der Waals surface area contributed by atoms with Crippen molar-refractivity contribution >= 4 is 33.1 Å². The predicted octanol–water partition coefficient (Wildman–Crippen LogP) is 4.67. The Labute approximate surface area is 161 Å². The van der Waals surface area contributed by atoms with Crippen LogP contribution < -0.4 is 5.32 Å². The molecule has 2 aromatic carbocycles. The van der Waals surface area contributed by atoms with E-state index in [1.54, 1.807) is 11.3 Å². The van der Waals surface area contributed by atoms with Gasteiger partial charge in [0.15, 0.2) is 0 Å². The number of hydrogen-bond acceptors (Lipinski definition) is 5. The second-order valence-corrected chi connectivity index (χ2v) is 7.59. The van der Waals surface area contributed by atoms with Gasteiger partial charge in [0, 0.05) is 17.7 Å². The Morgan fingerprint density at radius 3 is 2.59 bits per heavy atom. The zero-order valence-electron chi connectivity index (χ0n) is 15.2. The molecule has 1 N–H and O–H groups in total. The Morgan fingerprint density at radius 1 is 1.11 bits per heavy atom. The number of fused-ring (bicyclic) bond motifs is 1. The van der Waals surface area contributed by atoms with E-state index >= 15 is 0 Å². The average Bonchev–Trinajstić information content (AvgIpc) is 3.20. The fraction of sp³-hybridized carbons (Fsp3) is 0.190. The minimum atomic E-state index is -0.0803. The van der Waals surface area contributed by atoms with Crippen molar-refractivity contribution in [3.05, 3.63) is 76.1 Å². The molecule has 6 heteroatoms. The molecule has 0 aliphatic rings. The van der Waals surface area contributed by atoms with Crippen LogP contribution in [0.2, 0.25) is 0 Å². The first-order valence-corrected chi connectivity index (χ1v) is 9.55. The van der Waals surface area contributed by atoms with Crippen LogP contribution in [0.15, 0.2) is 53.1 Å². The van der Waals surface area contributed by atoms with Crippen LogP contribution in [0.4, 0.5) is 5.69 Å². The standard InChI is InChI=1S/C21H19N3O2S/c1-13-17(14(2)26-24-13)12-20(25)22-16-9-7-15(8-10-16)11-21-23-18-5-3-4-6-19(18)27-21/h3-10H,11-12H2,1-2H3,(H,22,25). The molecule has 4 rings (SSSR count). The Balaban J connectivity index is 1.40. The molecule has 0 spiro atoms. The largest absolute Gasteiger partial charge is 0.361 e. The highest BCUT2D eigenvalue weighted by atomic mass is 32.1. The number of benzene rings is 2. The summed E-state index contributed by atoms with van der Waals surface area (Å²) in [5.74, 6) is 0.608. The van der Waals surface area contributed by atoms with Gasteiger partial charge in [0.05, 0.1) is 27.3 Å². The molecule has 0 saturated heterocycles. The number of thiazole rings is 1. The topological polar surface area (TPSA) is 68.0 Å². The van der Waals surface area contributed by atoms with E-state index in [0.29, 0.717) is 5.76 Å². The van der Waals surface area contributed by atoms with E-state index in [1.165, 1.54) is 4.70 Å². The summed E-state index contributed by atoms with van der Waals surface area (Å²) in [6.07, 6.45) is 1.04. The van der Waals surface area contributed by atoms with Gasteiger partial charge >= 0.3 is 0 Å². The van der Waals surface area contributed by atoms with Gasteiger partial charge in [-0.05, 0) is 43.7 Å². The van der Waals surface area contributed by atoms with E-state index in [1.807, 2.05) is 56.3 Å². The van der Waals surface area contributed by atoms with Crippen molar-refractivity contribution in [3.8, 4) is 0 Å². The molecular weight excluding hydrogens is 358 g/mol. The predicted molar refractivity (Wildman–Crippen MR) is 107 cm³/mol. The average molecular weight is 377 g/mol. The summed E-state index contributed by atoms with van der Waals surface area (Å²) in [5.41, 5.74) is 4.59. The molecule has 0 saturated carbocycles. The molecule has 0 radical (unpaired) electrons. The van der Waals surface area contributed by atoms with Gasteiger partial charge in [0.2, 0.25) is 5.91 Å². The van der Waals surface area contributed by atoms with Crippen LogP contribution in [0.5, 0.6) is 0 Å². The van der Waals surface area contributed by atoms with Gasteiger partial charge in [-0.25, -0.2) is 4.98 Å². The molecule has 0 aliphatic carbocycles. The number of para-hydroxylation sites is 1. The normalized spacial score (nSPS) is 11.0. The molecule has 4 aromatic rings. The quantitative estimate of drug-likeness (QED) is 0.549. The number of nitrogens with one attached hydrogen (secondary N) is 1. The van der Waals surface area contributed by atoms with Crippen molar-refractivity contribution in [2.75, 3.05) is 5.32 Å². The van der Waals surface area contributed by atoms with E-state index < -0.39 is 0 Å². The van der Waals surface area contributed by atoms with Gasteiger partial charge in [-0.1, -0.05) is 29.4 Å². The van der Waals surface area contributed by atoms with Gasteiger partial charge in [-0.2, -0.15) is 0 Å². The lowest BCUT2D eigenvalue weighted by molar-refractivity contribution is -0.115. The lowest BCUT2D eigenvalue weighted by Gasteiger charge is -2.06. The first-order valence-electron chi connectivity index (χ1n) is 8.73. The van der Waals surface area contributed by atoms with Crippen LogP contribution in [0.3, 0.4) is 0 Å². The van der Waals surface area contributed by atoms with Gasteiger partial charge in [0.25, 0.3) is 0 Å². The van der Waals surface area contributed by atoms with Crippen LogP contribution in [0.25, 0.3) is 10.2 Å². The van der Waals surface area contributed by atoms with Gasteiger partial charge in [-0.3, -0.25) is 4.79 Å². The van der Waals surface area contributed by atoms with Crippen LogP contribution in [-0.4, -0.2) is 16.0 Å². The highest BCUT2D eigenvalue weighted by Gasteiger charge is 2.13. The number of rotatable bonds is 5. The Hall–Kier alpha value is -2.99. The van der Waals surface area contributed by atoms with Crippen molar-refractivity contribution in [2.45, 2.75) is 26.7 Å². The Morgan fingerprint density at radius 2 is 1.89 bits per heavy atom. The number of amides is 1. The molecule has 27 heavy (non-hydrogen) atoms. The summed E-state index contributed by atoms with van der Waals surface area (Å²) in [6, 6.07) is 16.1. The number of carbonyl (C=O) groups is 1. The molecule has 5 nitrogen and oxygen atoms in total. The van der Waals surface area contributed by atoms with Crippen LogP contribution in [-0.2, 0) is 17.6 Å². The van der Waals surface area contributed by atoms with Crippen molar-refractivity contribution in [1.82, 2.24) is 10.1 Å². The molecule has 0 atom stereocenters. The smallest absolute Gasteiger partial charge is 0.228 e. The van der Waals surface area contributed by atoms with Gasteiger partial charge in [-0.15, -0.1) is 11.3 Å². The van der Waals surface area contributed by atoms with E-state index in [2.05, 4.69) is 21.5 Å². The summed E-state index contributed by atoms with van der Waals surface area (Å²) < 4.78 is 6.31. The summed E-state index contributed by atoms with van der Waals surface area (Å²) in [6.45, 7) is 3.66.